The number of sulfonamides is 1. The van der Waals surface area contributed by atoms with Crippen LogP contribution in [-0.4, -0.2) is 22.1 Å². The van der Waals surface area contributed by atoms with Gasteiger partial charge in [0.25, 0.3) is 10.0 Å². The predicted octanol–water partition coefficient (Wildman–Crippen LogP) is 4.52. The first-order valence-electron chi connectivity index (χ1n) is 6.73. The molecule has 0 aliphatic heterocycles. The normalized spacial score (nSPS) is 11.2. The molecule has 0 aliphatic rings. The molecule has 0 spiro atoms. The van der Waals surface area contributed by atoms with Crippen molar-refractivity contribution in [1.29, 1.82) is 0 Å². The van der Waals surface area contributed by atoms with E-state index in [9.17, 15) is 12.8 Å². The van der Waals surface area contributed by atoms with Gasteiger partial charge < -0.3 is 4.74 Å². The van der Waals surface area contributed by atoms with Gasteiger partial charge in [-0.25, -0.2) is 12.8 Å². The van der Waals surface area contributed by atoms with Gasteiger partial charge >= 0.3 is 0 Å². The van der Waals surface area contributed by atoms with E-state index in [4.69, 9.17) is 27.9 Å². The maximum Gasteiger partial charge on any atom is 0.264 e. The molecule has 4 nitrogen and oxygen atoms in total. The molecule has 0 aromatic heterocycles. The van der Waals surface area contributed by atoms with Crippen molar-refractivity contribution in [2.45, 2.75) is 4.90 Å². The maximum atomic E-state index is 13.9. The van der Waals surface area contributed by atoms with Crippen molar-refractivity contribution in [3.8, 4) is 5.75 Å². The molecule has 0 unspecified atom stereocenters. The summed E-state index contributed by atoms with van der Waals surface area (Å²) in [6.45, 7) is 3.52. The summed E-state index contributed by atoms with van der Waals surface area (Å²) in [7, 11) is -2.75. The summed E-state index contributed by atoms with van der Waals surface area (Å²) in [5, 5.41) is 0.561. The summed E-state index contributed by atoms with van der Waals surface area (Å²) in [6, 6.07) is 7.80. The second kappa shape index (κ2) is 7.42. The van der Waals surface area contributed by atoms with Crippen LogP contribution in [0.4, 0.5) is 10.1 Å². The molecule has 24 heavy (non-hydrogen) atoms. The summed E-state index contributed by atoms with van der Waals surface area (Å²) in [5.41, 5.74) is 0.253. The predicted molar refractivity (Wildman–Crippen MR) is 94.1 cm³/mol. The summed E-state index contributed by atoms with van der Waals surface area (Å²) in [4.78, 5) is -0.223. The van der Waals surface area contributed by atoms with Gasteiger partial charge in [-0.2, -0.15) is 0 Å². The number of benzene rings is 2. The molecule has 128 valence electrons. The number of ether oxygens (including phenoxy) is 1. The average Bonchev–Trinajstić information content (AvgIpc) is 2.51. The molecule has 0 atom stereocenters. The van der Waals surface area contributed by atoms with E-state index in [-0.39, 0.29) is 32.9 Å². The van der Waals surface area contributed by atoms with Crippen molar-refractivity contribution >= 4 is 38.9 Å². The fraction of sp³-hybridized carbons (Fsp3) is 0.125. The molecule has 2 aromatic carbocycles. The van der Waals surface area contributed by atoms with E-state index < -0.39 is 15.8 Å². The van der Waals surface area contributed by atoms with Gasteiger partial charge in [0, 0.05) is 10.0 Å². The van der Waals surface area contributed by atoms with Gasteiger partial charge in [0.15, 0.2) is 11.6 Å². The van der Waals surface area contributed by atoms with E-state index >= 15 is 0 Å². The second-order valence-electron chi connectivity index (χ2n) is 4.75. The van der Waals surface area contributed by atoms with Crippen LogP contribution in [0.2, 0.25) is 10.0 Å². The molecular formula is C16H14Cl2FNO3S. The Hall–Kier alpha value is -1.76. The summed E-state index contributed by atoms with van der Waals surface area (Å²) in [6.07, 6.45) is 1.41. The number of hydrogen-bond donors (Lipinski definition) is 0. The number of anilines is 1. The van der Waals surface area contributed by atoms with Gasteiger partial charge in [0.05, 0.1) is 24.2 Å². The van der Waals surface area contributed by atoms with Gasteiger partial charge in [0.2, 0.25) is 0 Å². The van der Waals surface area contributed by atoms with Gasteiger partial charge in [-0.05, 0) is 36.4 Å². The summed E-state index contributed by atoms with van der Waals surface area (Å²) >= 11 is 11.9. The zero-order valence-corrected chi connectivity index (χ0v) is 15.0. The Balaban J connectivity index is 2.56. The third-order valence-electron chi connectivity index (χ3n) is 3.14. The van der Waals surface area contributed by atoms with Crippen LogP contribution in [0.5, 0.6) is 5.75 Å². The highest BCUT2D eigenvalue weighted by Gasteiger charge is 2.25. The lowest BCUT2D eigenvalue weighted by atomic mass is 10.3. The quantitative estimate of drug-likeness (QED) is 0.682. The molecule has 0 bridgehead atoms. The molecule has 2 aromatic rings. The summed E-state index contributed by atoms with van der Waals surface area (Å²) in [5.74, 6) is -0.823. The molecule has 0 heterocycles. The van der Waals surface area contributed by atoms with Gasteiger partial charge in [0.1, 0.15) is 0 Å². The molecule has 8 heteroatoms. The lowest BCUT2D eigenvalue weighted by Crippen LogP contribution is -2.31. The van der Waals surface area contributed by atoms with Crippen molar-refractivity contribution in [2.75, 3.05) is 18.0 Å². The largest absolute Gasteiger partial charge is 0.494 e. The van der Waals surface area contributed by atoms with Crippen LogP contribution in [0.25, 0.3) is 0 Å². The third-order valence-corrected chi connectivity index (χ3v) is 5.37. The van der Waals surface area contributed by atoms with Crippen LogP contribution in [0.3, 0.4) is 0 Å². The molecule has 0 aliphatic carbocycles. The molecule has 0 radical (unpaired) electrons. The van der Waals surface area contributed by atoms with Crippen molar-refractivity contribution in [2.24, 2.45) is 0 Å². The van der Waals surface area contributed by atoms with E-state index in [1.165, 1.54) is 43.5 Å². The van der Waals surface area contributed by atoms with E-state index in [2.05, 4.69) is 6.58 Å². The van der Waals surface area contributed by atoms with Gasteiger partial charge in [-0.1, -0.05) is 29.3 Å². The lowest BCUT2D eigenvalue weighted by molar-refractivity contribution is 0.385. The second-order valence-corrected chi connectivity index (χ2v) is 7.48. The first-order chi connectivity index (χ1) is 11.3. The fourth-order valence-corrected chi connectivity index (χ4v) is 4.02. The lowest BCUT2D eigenvalue weighted by Gasteiger charge is -2.23. The van der Waals surface area contributed by atoms with Crippen LogP contribution >= 0.6 is 23.2 Å². The molecule has 2 rings (SSSR count). The topological polar surface area (TPSA) is 46.6 Å². The Bertz CT molecular complexity index is 851. The van der Waals surface area contributed by atoms with Crippen molar-refractivity contribution < 1.29 is 17.5 Å². The first-order valence-corrected chi connectivity index (χ1v) is 8.92. The van der Waals surface area contributed by atoms with Crippen molar-refractivity contribution in [3.05, 3.63) is 64.9 Å². The molecular weight excluding hydrogens is 376 g/mol. The monoisotopic (exact) mass is 389 g/mol. The average molecular weight is 390 g/mol. The van der Waals surface area contributed by atoms with Crippen LogP contribution in [-0.2, 0) is 10.0 Å². The Morgan fingerprint density at radius 1 is 1.21 bits per heavy atom. The molecule has 0 saturated carbocycles. The van der Waals surface area contributed by atoms with Crippen LogP contribution in [0, 0.1) is 5.82 Å². The van der Waals surface area contributed by atoms with Gasteiger partial charge in [-0.3, -0.25) is 4.31 Å². The van der Waals surface area contributed by atoms with Crippen LogP contribution in [0.1, 0.15) is 0 Å². The summed E-state index contributed by atoms with van der Waals surface area (Å²) < 4.78 is 45.5. The zero-order chi connectivity index (χ0) is 17.9. The number of halogens is 3. The van der Waals surface area contributed by atoms with E-state index in [1.807, 2.05) is 0 Å². The smallest absolute Gasteiger partial charge is 0.264 e. The fourth-order valence-electron chi connectivity index (χ4n) is 2.08. The number of rotatable bonds is 6. The standard InChI is InChI=1S/C16H14Cl2FNO3S/c1-3-6-20(13-8-11(17)7-12(18)9-13)24(21,22)14-4-5-16(23-2)15(19)10-14/h3-5,7-10H,1,6H2,2H3. The molecule has 0 saturated heterocycles. The highest BCUT2D eigenvalue weighted by Crippen LogP contribution is 2.30. The zero-order valence-electron chi connectivity index (χ0n) is 12.7. The highest BCUT2D eigenvalue weighted by molar-refractivity contribution is 7.92. The number of hydrogen-bond acceptors (Lipinski definition) is 3. The minimum atomic E-state index is -4.05. The minimum absolute atomic E-state index is 0.0351. The molecule has 0 amide bonds. The third kappa shape index (κ3) is 3.83. The number of methoxy groups -OCH3 is 1. The van der Waals surface area contributed by atoms with Crippen molar-refractivity contribution in [3.63, 3.8) is 0 Å². The van der Waals surface area contributed by atoms with E-state index in [0.29, 0.717) is 0 Å². The minimum Gasteiger partial charge on any atom is -0.494 e. The van der Waals surface area contributed by atoms with Crippen LogP contribution < -0.4 is 9.04 Å². The highest BCUT2D eigenvalue weighted by atomic mass is 35.5. The van der Waals surface area contributed by atoms with Crippen molar-refractivity contribution in [1.82, 2.24) is 0 Å². The Labute approximate surface area is 150 Å². The first kappa shape index (κ1) is 18.6. The Morgan fingerprint density at radius 2 is 1.83 bits per heavy atom. The Morgan fingerprint density at radius 3 is 2.33 bits per heavy atom. The van der Waals surface area contributed by atoms with E-state index in [1.54, 1.807) is 0 Å². The van der Waals surface area contributed by atoms with Gasteiger partial charge in [-0.15, -0.1) is 6.58 Å². The van der Waals surface area contributed by atoms with Crippen LogP contribution in [0.15, 0.2) is 53.9 Å². The molecule has 0 N–H and O–H groups in total. The van der Waals surface area contributed by atoms with E-state index in [0.717, 1.165) is 10.4 Å². The number of nitrogens with zero attached hydrogens (tertiary/aromatic N) is 1. The SMILES string of the molecule is C=CCN(c1cc(Cl)cc(Cl)c1)S(=O)(=O)c1ccc(OC)c(F)c1. The molecule has 0 fully saturated rings. The Kier molecular flexibility index (Phi) is 5.74. The maximum absolute atomic E-state index is 13.9.